The normalized spacial score (nSPS) is 12.9. The van der Waals surface area contributed by atoms with E-state index < -0.39 is 4.92 Å². The van der Waals surface area contributed by atoms with Crippen LogP contribution < -0.4 is 4.90 Å². The van der Waals surface area contributed by atoms with Crippen molar-refractivity contribution in [1.29, 1.82) is 0 Å². The van der Waals surface area contributed by atoms with E-state index in [0.717, 1.165) is 0 Å². The molecule has 0 bridgehead atoms. The molecule has 0 N–H and O–H groups in total. The van der Waals surface area contributed by atoms with Gasteiger partial charge in [-0.05, 0) is 31.4 Å². The van der Waals surface area contributed by atoms with Gasteiger partial charge in [-0.25, -0.2) is 0 Å². The van der Waals surface area contributed by atoms with Gasteiger partial charge in [-0.2, -0.15) is 0 Å². The zero-order valence-electron chi connectivity index (χ0n) is 12.9. The lowest BCUT2D eigenvalue weighted by molar-refractivity contribution is -0.384. The number of Topliss-reactive ketones (excluding diaryl/α,β-unsaturated/α-hetero) is 1. The predicted octanol–water partition coefficient (Wildman–Crippen LogP) is 3.67. The van der Waals surface area contributed by atoms with Gasteiger partial charge in [-0.3, -0.25) is 14.9 Å². The molecule has 0 spiro atoms. The third-order valence-corrected chi connectivity index (χ3v) is 3.79. The van der Waals surface area contributed by atoms with Gasteiger partial charge in [0, 0.05) is 24.7 Å². The van der Waals surface area contributed by atoms with Crippen LogP contribution in [0.4, 0.5) is 11.4 Å². The van der Waals surface area contributed by atoms with Crippen LogP contribution in [0.2, 0.25) is 0 Å². The summed E-state index contributed by atoms with van der Waals surface area (Å²) in [6.07, 6.45) is 0. The van der Waals surface area contributed by atoms with E-state index in [4.69, 9.17) is 0 Å². The van der Waals surface area contributed by atoms with E-state index in [1.807, 2.05) is 18.9 Å². The highest BCUT2D eigenvalue weighted by Gasteiger charge is 2.28. The minimum atomic E-state index is -0.437. The number of benzene rings is 1. The molecule has 0 saturated carbocycles. The third kappa shape index (κ3) is 3.35. The van der Waals surface area contributed by atoms with Crippen molar-refractivity contribution in [2.75, 3.05) is 11.9 Å². The molecule has 0 heterocycles. The maximum Gasteiger partial charge on any atom is 0.293 e. The van der Waals surface area contributed by atoms with Gasteiger partial charge >= 0.3 is 0 Å². The van der Waals surface area contributed by atoms with E-state index in [1.165, 1.54) is 13.0 Å². The summed E-state index contributed by atoms with van der Waals surface area (Å²) in [5.74, 6) is -0.175. The Kier molecular flexibility index (Phi) is 4.53. The second kappa shape index (κ2) is 5.61. The fraction of sp³-hybridized carbons (Fsp3) is 0.533. The molecule has 1 unspecified atom stereocenters. The zero-order chi connectivity index (χ0) is 15.7. The lowest BCUT2D eigenvalue weighted by Crippen LogP contribution is -2.39. The van der Waals surface area contributed by atoms with E-state index >= 15 is 0 Å². The Hall–Kier alpha value is -1.91. The standard InChI is InChI=1S/C15H22N2O3/c1-10(18)12-7-8-13(14(9-12)17(19)20)16(6)11(2)15(3,4)5/h7-9,11H,1-6H3. The number of rotatable bonds is 4. The highest BCUT2D eigenvalue weighted by Crippen LogP contribution is 2.34. The number of ketones is 1. The van der Waals surface area contributed by atoms with Gasteiger partial charge < -0.3 is 4.90 Å². The van der Waals surface area contributed by atoms with Crippen molar-refractivity contribution in [2.24, 2.45) is 5.41 Å². The largest absolute Gasteiger partial charge is 0.366 e. The number of nitro benzene ring substituents is 1. The number of hydrogen-bond donors (Lipinski definition) is 0. The highest BCUT2D eigenvalue weighted by atomic mass is 16.6. The Bertz CT molecular complexity index is 532. The van der Waals surface area contributed by atoms with Gasteiger partial charge in [-0.1, -0.05) is 20.8 Å². The first kappa shape index (κ1) is 16.1. The number of carbonyl (C=O) groups excluding carboxylic acids is 1. The lowest BCUT2D eigenvalue weighted by atomic mass is 9.87. The molecule has 0 aliphatic rings. The molecule has 0 aliphatic carbocycles. The molecule has 0 fully saturated rings. The summed E-state index contributed by atoms with van der Waals surface area (Å²) in [5.41, 5.74) is 0.845. The van der Waals surface area contributed by atoms with Gasteiger partial charge in [-0.15, -0.1) is 0 Å². The van der Waals surface area contributed by atoms with Crippen LogP contribution in [0.15, 0.2) is 18.2 Å². The van der Waals surface area contributed by atoms with Crippen LogP contribution in [-0.2, 0) is 0 Å². The topological polar surface area (TPSA) is 63.5 Å². The van der Waals surface area contributed by atoms with Crippen LogP contribution in [0.5, 0.6) is 0 Å². The van der Waals surface area contributed by atoms with Crippen LogP contribution in [0.1, 0.15) is 45.0 Å². The van der Waals surface area contributed by atoms with Crippen molar-refractivity contribution in [3.05, 3.63) is 33.9 Å². The van der Waals surface area contributed by atoms with Gasteiger partial charge in [0.2, 0.25) is 0 Å². The maximum absolute atomic E-state index is 11.4. The summed E-state index contributed by atoms with van der Waals surface area (Å²) >= 11 is 0. The third-order valence-electron chi connectivity index (χ3n) is 3.79. The summed E-state index contributed by atoms with van der Waals surface area (Å²) < 4.78 is 0. The second-order valence-corrected chi connectivity index (χ2v) is 6.17. The molecule has 0 aliphatic heterocycles. The molecule has 1 aromatic rings. The van der Waals surface area contributed by atoms with E-state index in [9.17, 15) is 14.9 Å². The Labute approximate surface area is 119 Å². The van der Waals surface area contributed by atoms with Crippen molar-refractivity contribution in [1.82, 2.24) is 0 Å². The molecule has 5 nitrogen and oxygen atoms in total. The van der Waals surface area contributed by atoms with Crippen molar-refractivity contribution >= 4 is 17.2 Å². The second-order valence-electron chi connectivity index (χ2n) is 6.17. The first-order valence-electron chi connectivity index (χ1n) is 6.58. The van der Waals surface area contributed by atoms with Crippen LogP contribution in [-0.4, -0.2) is 23.8 Å². The zero-order valence-corrected chi connectivity index (χ0v) is 12.9. The van der Waals surface area contributed by atoms with E-state index in [2.05, 4.69) is 20.8 Å². The summed E-state index contributed by atoms with van der Waals surface area (Å²) in [6.45, 7) is 9.70. The number of nitrogens with zero attached hydrogens (tertiary/aromatic N) is 2. The summed E-state index contributed by atoms with van der Waals surface area (Å²) in [4.78, 5) is 24.1. The quantitative estimate of drug-likeness (QED) is 0.479. The average molecular weight is 278 g/mol. The number of anilines is 1. The lowest BCUT2D eigenvalue weighted by Gasteiger charge is -2.36. The molecule has 110 valence electrons. The fourth-order valence-electron chi connectivity index (χ4n) is 1.98. The van der Waals surface area contributed by atoms with Gasteiger partial charge in [0.1, 0.15) is 5.69 Å². The smallest absolute Gasteiger partial charge is 0.293 e. The van der Waals surface area contributed by atoms with E-state index in [-0.39, 0.29) is 22.9 Å². The van der Waals surface area contributed by atoms with Crippen molar-refractivity contribution in [3.8, 4) is 0 Å². The van der Waals surface area contributed by atoms with Gasteiger partial charge in [0.25, 0.3) is 5.69 Å². The maximum atomic E-state index is 11.4. The summed E-state index contributed by atoms with van der Waals surface area (Å²) in [7, 11) is 1.84. The average Bonchev–Trinajstić information content (AvgIpc) is 2.34. The minimum Gasteiger partial charge on any atom is -0.366 e. The molecule has 0 amide bonds. The van der Waals surface area contributed by atoms with Crippen LogP contribution >= 0.6 is 0 Å². The van der Waals surface area contributed by atoms with E-state index in [0.29, 0.717) is 11.3 Å². The Balaban J connectivity index is 3.31. The number of carbonyl (C=O) groups is 1. The molecule has 5 heteroatoms. The van der Waals surface area contributed by atoms with E-state index in [1.54, 1.807) is 12.1 Å². The first-order valence-corrected chi connectivity index (χ1v) is 6.58. The molecule has 0 radical (unpaired) electrons. The molecule has 1 rings (SSSR count). The molecule has 0 aromatic heterocycles. The summed E-state index contributed by atoms with van der Waals surface area (Å²) in [5, 5.41) is 11.2. The molecule has 1 atom stereocenters. The van der Waals surface area contributed by atoms with Crippen LogP contribution in [0.25, 0.3) is 0 Å². The highest BCUT2D eigenvalue weighted by molar-refractivity contribution is 5.95. The van der Waals surface area contributed by atoms with Crippen molar-refractivity contribution < 1.29 is 9.72 Å². The number of nitro groups is 1. The van der Waals surface area contributed by atoms with Crippen molar-refractivity contribution in [3.63, 3.8) is 0 Å². The monoisotopic (exact) mass is 278 g/mol. The molecule has 1 aromatic carbocycles. The van der Waals surface area contributed by atoms with Gasteiger partial charge in [0.15, 0.2) is 5.78 Å². The Morgan fingerprint density at radius 3 is 2.30 bits per heavy atom. The molecular formula is C15H22N2O3. The Morgan fingerprint density at radius 2 is 1.90 bits per heavy atom. The number of hydrogen-bond acceptors (Lipinski definition) is 4. The molecule has 20 heavy (non-hydrogen) atoms. The predicted molar refractivity (Wildman–Crippen MR) is 80.4 cm³/mol. The Morgan fingerprint density at radius 1 is 1.35 bits per heavy atom. The summed E-state index contributed by atoms with van der Waals surface area (Å²) in [6, 6.07) is 4.75. The van der Waals surface area contributed by atoms with Crippen LogP contribution in [0.3, 0.4) is 0 Å². The SMILES string of the molecule is CC(=O)c1ccc(N(C)C(C)C(C)(C)C)c([N+](=O)[O-])c1. The first-order chi connectivity index (χ1) is 9.05. The molecule has 0 saturated heterocycles. The van der Waals surface area contributed by atoms with Crippen molar-refractivity contribution in [2.45, 2.75) is 40.7 Å². The fourth-order valence-corrected chi connectivity index (χ4v) is 1.98. The van der Waals surface area contributed by atoms with Gasteiger partial charge in [0.05, 0.1) is 4.92 Å². The minimum absolute atomic E-state index is 0.0120. The van der Waals surface area contributed by atoms with Crippen LogP contribution in [0, 0.1) is 15.5 Å². The molecular weight excluding hydrogens is 256 g/mol.